The molecule has 0 spiro atoms. The number of nitrogens with one attached hydrogen (secondary N) is 1. The van der Waals surface area contributed by atoms with Crippen LogP contribution in [0.5, 0.6) is 0 Å². The van der Waals surface area contributed by atoms with Crippen molar-refractivity contribution in [1.82, 2.24) is 10.2 Å². The van der Waals surface area contributed by atoms with E-state index in [-0.39, 0.29) is 0 Å². The zero-order chi connectivity index (χ0) is 14.2. The number of fused-ring (bicyclic) bond motifs is 1. The molecule has 20 heavy (non-hydrogen) atoms. The van der Waals surface area contributed by atoms with Gasteiger partial charge in [0, 0.05) is 37.4 Å². The maximum atomic E-state index is 12.7. The van der Waals surface area contributed by atoms with Gasteiger partial charge in [0.15, 0.2) is 0 Å². The van der Waals surface area contributed by atoms with Gasteiger partial charge in [-0.05, 0) is 28.5 Å². The van der Waals surface area contributed by atoms with Crippen molar-refractivity contribution in [2.75, 3.05) is 26.2 Å². The van der Waals surface area contributed by atoms with E-state index in [1.54, 1.807) is 6.07 Å². The number of nitrogens with zero attached hydrogens (tertiary/aromatic N) is 1. The Balaban J connectivity index is 1.86. The van der Waals surface area contributed by atoms with Crippen LogP contribution in [-0.2, 0) is 12.7 Å². The molecule has 1 N–H and O–H groups in total. The molecule has 6 heteroatoms. The Morgan fingerprint density at radius 2 is 1.95 bits per heavy atom. The highest BCUT2D eigenvalue weighted by Gasteiger charge is 2.30. The van der Waals surface area contributed by atoms with Gasteiger partial charge in [-0.2, -0.15) is 13.2 Å². The first-order valence-electron chi connectivity index (χ1n) is 6.54. The minimum atomic E-state index is -4.27. The van der Waals surface area contributed by atoms with E-state index in [0.29, 0.717) is 4.70 Å². The number of hydrogen-bond acceptors (Lipinski definition) is 3. The third-order valence-corrected chi connectivity index (χ3v) is 4.58. The summed E-state index contributed by atoms with van der Waals surface area (Å²) in [5.41, 5.74) is 0.557. The van der Waals surface area contributed by atoms with Gasteiger partial charge in [-0.1, -0.05) is 6.07 Å². The highest BCUT2D eigenvalue weighted by atomic mass is 32.1. The summed E-state index contributed by atoms with van der Waals surface area (Å²) in [6, 6.07) is 4.03. The third kappa shape index (κ3) is 2.82. The molecular weight excluding hydrogens is 285 g/mol. The summed E-state index contributed by atoms with van der Waals surface area (Å²) in [5.74, 6) is 0. The summed E-state index contributed by atoms with van der Waals surface area (Å²) >= 11 is 1.39. The van der Waals surface area contributed by atoms with Crippen molar-refractivity contribution in [1.29, 1.82) is 0 Å². The Hall–Kier alpha value is -1.11. The van der Waals surface area contributed by atoms with Crippen molar-refractivity contribution in [2.45, 2.75) is 12.7 Å². The summed E-state index contributed by atoms with van der Waals surface area (Å²) in [6.45, 7) is 4.73. The minimum Gasteiger partial charge on any atom is -0.314 e. The second kappa shape index (κ2) is 5.35. The van der Waals surface area contributed by atoms with Crippen LogP contribution in [0, 0.1) is 0 Å². The molecule has 2 heterocycles. The Bertz CT molecular complexity index is 600. The first-order chi connectivity index (χ1) is 9.54. The molecule has 0 radical (unpaired) electrons. The zero-order valence-electron chi connectivity index (χ0n) is 10.8. The summed E-state index contributed by atoms with van der Waals surface area (Å²) in [6.07, 6.45) is -4.27. The second-order valence-electron chi connectivity index (χ2n) is 5.00. The summed E-state index contributed by atoms with van der Waals surface area (Å²) < 4.78 is 38.8. The molecule has 2 nitrogen and oxygen atoms in total. The minimum absolute atomic E-state index is 0.569. The SMILES string of the molecule is FC(F)(F)c1ccc2c(CN3CCNCC3)csc2c1. The van der Waals surface area contributed by atoms with E-state index < -0.39 is 11.7 Å². The monoisotopic (exact) mass is 300 g/mol. The smallest absolute Gasteiger partial charge is 0.314 e. The number of alkyl halides is 3. The van der Waals surface area contributed by atoms with Crippen LogP contribution in [0.2, 0.25) is 0 Å². The third-order valence-electron chi connectivity index (χ3n) is 3.59. The molecule has 1 fully saturated rings. The van der Waals surface area contributed by atoms with Crippen LogP contribution < -0.4 is 5.32 Å². The van der Waals surface area contributed by atoms with E-state index >= 15 is 0 Å². The first-order valence-corrected chi connectivity index (χ1v) is 7.42. The van der Waals surface area contributed by atoms with Crippen molar-refractivity contribution in [3.63, 3.8) is 0 Å². The van der Waals surface area contributed by atoms with Crippen molar-refractivity contribution in [2.24, 2.45) is 0 Å². The molecule has 1 saturated heterocycles. The molecular formula is C14H15F3N2S. The topological polar surface area (TPSA) is 15.3 Å². The molecule has 3 rings (SSSR count). The maximum Gasteiger partial charge on any atom is 0.416 e. The Morgan fingerprint density at radius 1 is 1.20 bits per heavy atom. The number of hydrogen-bond donors (Lipinski definition) is 1. The van der Waals surface area contributed by atoms with Crippen LogP contribution in [0.4, 0.5) is 13.2 Å². The molecule has 1 aromatic carbocycles. The van der Waals surface area contributed by atoms with Gasteiger partial charge in [0.1, 0.15) is 0 Å². The number of rotatable bonds is 2. The maximum absolute atomic E-state index is 12.7. The summed E-state index contributed by atoms with van der Waals surface area (Å²) in [4.78, 5) is 2.33. The summed E-state index contributed by atoms with van der Waals surface area (Å²) in [7, 11) is 0. The highest BCUT2D eigenvalue weighted by molar-refractivity contribution is 7.17. The number of halogens is 3. The number of benzene rings is 1. The molecule has 1 aliphatic rings. The second-order valence-corrected chi connectivity index (χ2v) is 5.91. The van der Waals surface area contributed by atoms with Crippen molar-refractivity contribution in [3.05, 3.63) is 34.7 Å². The normalized spacial score (nSPS) is 17.8. The van der Waals surface area contributed by atoms with E-state index in [0.717, 1.165) is 43.7 Å². The van der Waals surface area contributed by atoms with Gasteiger partial charge >= 0.3 is 6.18 Å². The van der Waals surface area contributed by atoms with Crippen molar-refractivity contribution in [3.8, 4) is 0 Å². The van der Waals surface area contributed by atoms with Crippen LogP contribution in [0.15, 0.2) is 23.6 Å². The highest BCUT2D eigenvalue weighted by Crippen LogP contribution is 2.34. The fourth-order valence-electron chi connectivity index (χ4n) is 2.49. The zero-order valence-corrected chi connectivity index (χ0v) is 11.7. The van der Waals surface area contributed by atoms with Crippen LogP contribution >= 0.6 is 11.3 Å². The molecule has 0 saturated carbocycles. The Labute approximate surface area is 119 Å². The lowest BCUT2D eigenvalue weighted by Crippen LogP contribution is -2.42. The fraction of sp³-hybridized carbons (Fsp3) is 0.429. The quantitative estimate of drug-likeness (QED) is 0.915. The average molecular weight is 300 g/mol. The van der Waals surface area contributed by atoms with E-state index in [1.165, 1.54) is 23.5 Å². The van der Waals surface area contributed by atoms with Gasteiger partial charge in [0.25, 0.3) is 0 Å². The standard InChI is InChI=1S/C14H15F3N2S/c15-14(16,17)11-1-2-12-10(9-20-13(12)7-11)8-19-5-3-18-4-6-19/h1-2,7,9,18H,3-6,8H2. The van der Waals surface area contributed by atoms with E-state index in [9.17, 15) is 13.2 Å². The van der Waals surface area contributed by atoms with Crippen molar-refractivity contribution < 1.29 is 13.2 Å². The molecule has 0 bridgehead atoms. The Morgan fingerprint density at radius 3 is 2.65 bits per heavy atom. The van der Waals surface area contributed by atoms with Crippen LogP contribution in [0.1, 0.15) is 11.1 Å². The van der Waals surface area contributed by atoms with Gasteiger partial charge in [0.05, 0.1) is 5.56 Å². The lowest BCUT2D eigenvalue weighted by atomic mass is 10.1. The van der Waals surface area contributed by atoms with E-state index in [2.05, 4.69) is 10.2 Å². The van der Waals surface area contributed by atoms with E-state index in [4.69, 9.17) is 0 Å². The van der Waals surface area contributed by atoms with Crippen LogP contribution in [-0.4, -0.2) is 31.1 Å². The van der Waals surface area contributed by atoms with Gasteiger partial charge in [0.2, 0.25) is 0 Å². The first kappa shape index (κ1) is 13.9. The fourth-order valence-corrected chi connectivity index (χ4v) is 3.48. The van der Waals surface area contributed by atoms with Crippen LogP contribution in [0.25, 0.3) is 10.1 Å². The molecule has 0 aliphatic carbocycles. The lowest BCUT2D eigenvalue weighted by Gasteiger charge is -2.26. The number of thiophene rings is 1. The molecule has 0 atom stereocenters. The number of piperazine rings is 1. The van der Waals surface area contributed by atoms with Gasteiger partial charge in [-0.25, -0.2) is 0 Å². The summed E-state index contributed by atoms with van der Waals surface area (Å²) in [5, 5.41) is 6.22. The molecule has 2 aromatic rings. The van der Waals surface area contributed by atoms with Gasteiger partial charge < -0.3 is 5.32 Å². The molecule has 1 aliphatic heterocycles. The predicted octanol–water partition coefficient (Wildman–Crippen LogP) is 3.33. The lowest BCUT2D eigenvalue weighted by molar-refractivity contribution is -0.137. The van der Waals surface area contributed by atoms with Crippen molar-refractivity contribution >= 4 is 21.4 Å². The molecule has 0 unspecified atom stereocenters. The van der Waals surface area contributed by atoms with Gasteiger partial charge in [-0.3, -0.25) is 4.90 Å². The molecule has 108 valence electrons. The average Bonchev–Trinajstić information content (AvgIpc) is 2.81. The largest absolute Gasteiger partial charge is 0.416 e. The van der Waals surface area contributed by atoms with Crippen LogP contribution in [0.3, 0.4) is 0 Å². The van der Waals surface area contributed by atoms with E-state index in [1.807, 2.05) is 5.38 Å². The Kier molecular flexibility index (Phi) is 3.70. The van der Waals surface area contributed by atoms with Gasteiger partial charge in [-0.15, -0.1) is 11.3 Å². The molecule has 1 aromatic heterocycles. The molecule has 0 amide bonds. The predicted molar refractivity (Wildman–Crippen MR) is 75.0 cm³/mol.